The Hall–Kier alpha value is -0.0800. The van der Waals surface area contributed by atoms with E-state index in [1.807, 2.05) is 0 Å². The molecule has 2 aliphatic rings. The maximum Gasteiger partial charge on any atom is -0.00130 e. The van der Waals surface area contributed by atoms with Crippen LogP contribution < -0.4 is 5.73 Å². The molecule has 1 saturated carbocycles. The van der Waals surface area contributed by atoms with Gasteiger partial charge in [0.05, 0.1) is 0 Å². The van der Waals surface area contributed by atoms with Gasteiger partial charge in [-0.2, -0.15) is 0 Å². The summed E-state index contributed by atoms with van der Waals surface area (Å²) >= 11 is 0. The summed E-state index contributed by atoms with van der Waals surface area (Å²) in [6, 6.07) is 0. The molecule has 1 atom stereocenters. The third-order valence-electron chi connectivity index (χ3n) is 5.85. The van der Waals surface area contributed by atoms with Gasteiger partial charge in [0.2, 0.25) is 0 Å². The molecule has 2 N–H and O–H groups in total. The molecule has 0 aromatic rings. The van der Waals surface area contributed by atoms with Crippen LogP contribution in [0.2, 0.25) is 0 Å². The van der Waals surface area contributed by atoms with E-state index in [2.05, 4.69) is 25.7 Å². The van der Waals surface area contributed by atoms with Crippen LogP contribution in [0, 0.1) is 16.7 Å². The third-order valence-corrected chi connectivity index (χ3v) is 5.85. The van der Waals surface area contributed by atoms with Gasteiger partial charge in [-0.05, 0) is 81.5 Å². The highest BCUT2D eigenvalue weighted by Gasteiger charge is 2.35. The van der Waals surface area contributed by atoms with Crippen molar-refractivity contribution in [1.29, 1.82) is 0 Å². The molecule has 2 fully saturated rings. The summed E-state index contributed by atoms with van der Waals surface area (Å²) in [6.45, 7) is 12.0. The van der Waals surface area contributed by atoms with Crippen molar-refractivity contribution in [2.24, 2.45) is 22.5 Å². The molecule has 2 nitrogen and oxygen atoms in total. The lowest BCUT2D eigenvalue weighted by Crippen LogP contribution is -2.40. The lowest BCUT2D eigenvalue weighted by Gasteiger charge is -2.42. The molecule has 1 saturated heterocycles. The van der Waals surface area contributed by atoms with E-state index in [0.29, 0.717) is 10.8 Å². The molecule has 0 spiro atoms. The highest BCUT2D eigenvalue weighted by Crippen LogP contribution is 2.43. The van der Waals surface area contributed by atoms with Crippen molar-refractivity contribution in [3.8, 4) is 0 Å². The zero-order valence-electron chi connectivity index (χ0n) is 13.4. The number of nitrogens with two attached hydrogens (primary N) is 1. The third kappa shape index (κ3) is 3.95. The predicted octanol–water partition coefficient (Wildman–Crippen LogP) is 3.65. The topological polar surface area (TPSA) is 29.3 Å². The van der Waals surface area contributed by atoms with E-state index in [9.17, 15) is 0 Å². The van der Waals surface area contributed by atoms with Crippen LogP contribution in [-0.4, -0.2) is 31.1 Å². The fraction of sp³-hybridized carbons (Fsp3) is 1.00. The molecule has 0 aromatic heterocycles. The Labute approximate surface area is 120 Å². The first-order valence-corrected chi connectivity index (χ1v) is 8.38. The second-order valence-corrected chi connectivity index (χ2v) is 8.14. The molecule has 1 aliphatic heterocycles. The maximum atomic E-state index is 5.98. The van der Waals surface area contributed by atoms with Crippen molar-refractivity contribution in [2.45, 2.75) is 65.7 Å². The van der Waals surface area contributed by atoms with Gasteiger partial charge in [-0.1, -0.05) is 27.2 Å². The van der Waals surface area contributed by atoms with Crippen LogP contribution in [0.25, 0.3) is 0 Å². The van der Waals surface area contributed by atoms with Gasteiger partial charge in [0.15, 0.2) is 0 Å². The number of nitrogens with zero attached hydrogens (tertiary/aromatic N) is 1. The molecule has 1 aliphatic carbocycles. The fourth-order valence-electron chi connectivity index (χ4n) is 3.87. The highest BCUT2D eigenvalue weighted by molar-refractivity contribution is 4.89. The van der Waals surface area contributed by atoms with Gasteiger partial charge in [-0.15, -0.1) is 0 Å². The van der Waals surface area contributed by atoms with Gasteiger partial charge in [0.25, 0.3) is 0 Å². The Balaban J connectivity index is 1.77. The highest BCUT2D eigenvalue weighted by atomic mass is 15.1. The van der Waals surface area contributed by atoms with Crippen molar-refractivity contribution >= 4 is 0 Å². The molecule has 2 heteroatoms. The van der Waals surface area contributed by atoms with Crippen LogP contribution in [0.3, 0.4) is 0 Å². The largest absolute Gasteiger partial charge is 0.330 e. The van der Waals surface area contributed by atoms with Gasteiger partial charge in [0, 0.05) is 0 Å². The van der Waals surface area contributed by atoms with Crippen LogP contribution in [0.4, 0.5) is 0 Å². The Morgan fingerprint density at radius 1 is 1.11 bits per heavy atom. The SMILES string of the molecule is CC(C)(C)C1CCCN(CCC2(CN)CCC2)CC1. The van der Waals surface area contributed by atoms with E-state index in [4.69, 9.17) is 5.73 Å². The van der Waals surface area contributed by atoms with Crippen molar-refractivity contribution in [2.75, 3.05) is 26.2 Å². The molecule has 1 unspecified atom stereocenters. The van der Waals surface area contributed by atoms with Gasteiger partial charge in [-0.25, -0.2) is 0 Å². The minimum Gasteiger partial charge on any atom is -0.330 e. The second kappa shape index (κ2) is 6.13. The first-order valence-electron chi connectivity index (χ1n) is 8.38. The number of likely N-dealkylation sites (tertiary alicyclic amines) is 1. The quantitative estimate of drug-likeness (QED) is 0.841. The molecule has 0 bridgehead atoms. The van der Waals surface area contributed by atoms with E-state index in [1.165, 1.54) is 64.6 Å². The van der Waals surface area contributed by atoms with E-state index in [-0.39, 0.29) is 0 Å². The zero-order valence-corrected chi connectivity index (χ0v) is 13.4. The van der Waals surface area contributed by atoms with E-state index in [1.54, 1.807) is 0 Å². The Bertz CT molecular complexity index is 270. The number of hydrogen-bond donors (Lipinski definition) is 1. The van der Waals surface area contributed by atoms with E-state index in [0.717, 1.165) is 12.5 Å². The average Bonchev–Trinajstić information content (AvgIpc) is 2.53. The number of rotatable bonds is 4. The Kier molecular flexibility index (Phi) is 4.94. The van der Waals surface area contributed by atoms with Crippen molar-refractivity contribution in [3.05, 3.63) is 0 Å². The zero-order chi connectivity index (χ0) is 13.9. The standard InChI is InChI=1S/C17H34N2/c1-16(2,3)15-6-4-11-19(12-7-15)13-10-17(14-18)8-5-9-17/h15H,4-14,18H2,1-3H3. The van der Waals surface area contributed by atoms with Crippen LogP contribution in [-0.2, 0) is 0 Å². The second-order valence-electron chi connectivity index (χ2n) is 8.14. The molecule has 2 rings (SSSR count). The Morgan fingerprint density at radius 2 is 1.84 bits per heavy atom. The first kappa shape index (κ1) is 15.3. The smallest absolute Gasteiger partial charge is 0.00130 e. The van der Waals surface area contributed by atoms with Crippen LogP contribution >= 0.6 is 0 Å². The lowest BCUT2D eigenvalue weighted by atomic mass is 9.66. The monoisotopic (exact) mass is 266 g/mol. The minimum atomic E-state index is 0.489. The molecule has 0 amide bonds. The van der Waals surface area contributed by atoms with Gasteiger partial charge in [0.1, 0.15) is 0 Å². The Morgan fingerprint density at radius 3 is 2.37 bits per heavy atom. The average molecular weight is 266 g/mol. The normalized spacial score (nSPS) is 28.7. The minimum absolute atomic E-state index is 0.489. The van der Waals surface area contributed by atoms with Crippen molar-refractivity contribution < 1.29 is 0 Å². The van der Waals surface area contributed by atoms with Crippen LogP contribution in [0.5, 0.6) is 0 Å². The van der Waals surface area contributed by atoms with Crippen molar-refractivity contribution in [3.63, 3.8) is 0 Å². The molecular weight excluding hydrogens is 232 g/mol. The molecule has 19 heavy (non-hydrogen) atoms. The maximum absolute atomic E-state index is 5.98. The fourth-order valence-corrected chi connectivity index (χ4v) is 3.87. The van der Waals surface area contributed by atoms with Crippen LogP contribution in [0.15, 0.2) is 0 Å². The number of hydrogen-bond acceptors (Lipinski definition) is 2. The first-order chi connectivity index (χ1) is 8.95. The molecule has 0 radical (unpaired) electrons. The van der Waals surface area contributed by atoms with Gasteiger partial charge < -0.3 is 10.6 Å². The van der Waals surface area contributed by atoms with Crippen LogP contribution in [0.1, 0.15) is 65.7 Å². The molecule has 0 aromatic carbocycles. The summed E-state index contributed by atoms with van der Waals surface area (Å²) < 4.78 is 0. The van der Waals surface area contributed by atoms with E-state index < -0.39 is 0 Å². The molecule has 1 heterocycles. The molecular formula is C17H34N2. The summed E-state index contributed by atoms with van der Waals surface area (Å²) in [5.74, 6) is 0.907. The predicted molar refractivity (Wildman–Crippen MR) is 83.2 cm³/mol. The summed E-state index contributed by atoms with van der Waals surface area (Å²) in [6.07, 6.45) is 9.69. The lowest BCUT2D eigenvalue weighted by molar-refractivity contribution is 0.105. The summed E-state index contributed by atoms with van der Waals surface area (Å²) in [4.78, 5) is 2.71. The summed E-state index contributed by atoms with van der Waals surface area (Å²) in [5.41, 5.74) is 6.99. The van der Waals surface area contributed by atoms with E-state index >= 15 is 0 Å². The van der Waals surface area contributed by atoms with Crippen molar-refractivity contribution in [1.82, 2.24) is 4.90 Å². The molecule has 112 valence electrons. The summed E-state index contributed by atoms with van der Waals surface area (Å²) in [5, 5.41) is 0. The summed E-state index contributed by atoms with van der Waals surface area (Å²) in [7, 11) is 0. The van der Waals surface area contributed by atoms with Gasteiger partial charge in [-0.3, -0.25) is 0 Å². The van der Waals surface area contributed by atoms with Gasteiger partial charge >= 0.3 is 0 Å².